The number of anilines is 1. The molecule has 1 amide bonds. The van der Waals surface area contributed by atoms with Crippen LogP contribution in [0.4, 0.5) is 5.69 Å². The number of benzene rings is 1. The summed E-state index contributed by atoms with van der Waals surface area (Å²) in [6.45, 7) is 5.07. The van der Waals surface area contributed by atoms with Crippen LogP contribution in [0.1, 0.15) is 45.1 Å². The Balaban J connectivity index is 2.66. The van der Waals surface area contributed by atoms with E-state index in [1.807, 2.05) is 25.2 Å². The van der Waals surface area contributed by atoms with Crippen LogP contribution in [0.25, 0.3) is 0 Å². The van der Waals surface area contributed by atoms with Gasteiger partial charge in [0.15, 0.2) is 0 Å². The molecule has 0 saturated carbocycles. The van der Waals surface area contributed by atoms with E-state index in [9.17, 15) is 4.79 Å². The number of nitrogens with one attached hydrogen (secondary N) is 2. The van der Waals surface area contributed by atoms with Crippen molar-refractivity contribution in [1.82, 2.24) is 5.32 Å². The number of rotatable bonds is 8. The minimum Gasteiger partial charge on any atom is -0.326 e. The molecule has 1 aromatic carbocycles. The van der Waals surface area contributed by atoms with Crippen LogP contribution >= 0.6 is 0 Å². The molecule has 0 fully saturated rings. The molecule has 0 aliphatic rings. The first-order valence-corrected chi connectivity index (χ1v) is 7.25. The molecule has 3 heteroatoms. The predicted octanol–water partition coefficient (Wildman–Crippen LogP) is 3.56. The Morgan fingerprint density at radius 3 is 2.47 bits per heavy atom. The average molecular weight is 262 g/mol. The van der Waals surface area contributed by atoms with E-state index in [1.165, 1.54) is 5.56 Å². The summed E-state index contributed by atoms with van der Waals surface area (Å²) >= 11 is 0. The van der Waals surface area contributed by atoms with Crippen LogP contribution in [0.3, 0.4) is 0 Å². The Morgan fingerprint density at radius 2 is 1.89 bits per heavy atom. The van der Waals surface area contributed by atoms with Gasteiger partial charge in [-0.25, -0.2) is 0 Å². The third-order valence-electron chi connectivity index (χ3n) is 3.22. The van der Waals surface area contributed by atoms with E-state index in [2.05, 4.69) is 30.5 Å². The number of carbonyl (C=O) groups is 1. The van der Waals surface area contributed by atoms with Crippen LogP contribution in [0, 0.1) is 5.92 Å². The van der Waals surface area contributed by atoms with Gasteiger partial charge in [0.05, 0.1) is 0 Å². The molecule has 3 nitrogen and oxygen atoms in total. The number of hydrogen-bond acceptors (Lipinski definition) is 2. The van der Waals surface area contributed by atoms with Crippen LogP contribution in [0.2, 0.25) is 0 Å². The maximum atomic E-state index is 12.2. The third kappa shape index (κ3) is 5.43. The van der Waals surface area contributed by atoms with Crippen LogP contribution < -0.4 is 10.6 Å². The fraction of sp³-hybridized carbons (Fsp3) is 0.562. The maximum absolute atomic E-state index is 12.2. The Morgan fingerprint density at radius 1 is 1.21 bits per heavy atom. The second-order valence-electron chi connectivity index (χ2n) is 4.99. The van der Waals surface area contributed by atoms with Gasteiger partial charge in [-0.1, -0.05) is 38.8 Å². The van der Waals surface area contributed by atoms with E-state index in [4.69, 9.17) is 0 Å². The zero-order valence-electron chi connectivity index (χ0n) is 12.3. The molecule has 0 heterocycles. The van der Waals surface area contributed by atoms with Gasteiger partial charge in [0.1, 0.15) is 0 Å². The molecule has 0 saturated heterocycles. The molecule has 0 aromatic heterocycles. The van der Waals surface area contributed by atoms with E-state index in [-0.39, 0.29) is 11.8 Å². The number of carbonyl (C=O) groups excluding carboxylic acids is 1. The first-order chi connectivity index (χ1) is 9.21. The summed E-state index contributed by atoms with van der Waals surface area (Å²) in [6.07, 6.45) is 4.04. The van der Waals surface area contributed by atoms with Crippen molar-refractivity contribution in [3.8, 4) is 0 Å². The lowest BCUT2D eigenvalue weighted by Crippen LogP contribution is -2.22. The zero-order chi connectivity index (χ0) is 14.1. The highest BCUT2D eigenvalue weighted by Gasteiger charge is 2.16. The summed E-state index contributed by atoms with van der Waals surface area (Å²) < 4.78 is 0. The normalized spacial score (nSPS) is 10.7. The zero-order valence-corrected chi connectivity index (χ0v) is 12.3. The fourth-order valence-electron chi connectivity index (χ4n) is 2.31. The second kappa shape index (κ2) is 8.70. The highest BCUT2D eigenvalue weighted by Crippen LogP contribution is 2.17. The second-order valence-corrected chi connectivity index (χ2v) is 4.99. The van der Waals surface area contributed by atoms with Crippen molar-refractivity contribution in [1.29, 1.82) is 0 Å². The Bertz CT molecular complexity index is 384. The SMILES string of the molecule is CCCC(CCC)C(=O)Nc1cccc(CNC)c1. The fourth-order valence-corrected chi connectivity index (χ4v) is 2.31. The van der Waals surface area contributed by atoms with Gasteiger partial charge in [-0.3, -0.25) is 4.79 Å². The van der Waals surface area contributed by atoms with Gasteiger partial charge >= 0.3 is 0 Å². The Kier molecular flexibility index (Phi) is 7.19. The quantitative estimate of drug-likeness (QED) is 0.752. The highest BCUT2D eigenvalue weighted by molar-refractivity contribution is 5.92. The van der Waals surface area contributed by atoms with Gasteiger partial charge in [-0.2, -0.15) is 0 Å². The van der Waals surface area contributed by atoms with Crippen molar-refractivity contribution in [2.45, 2.75) is 46.1 Å². The van der Waals surface area contributed by atoms with Gasteiger partial charge in [0.2, 0.25) is 5.91 Å². The molecule has 0 aliphatic heterocycles. The first kappa shape index (κ1) is 15.7. The molecule has 1 aromatic rings. The van der Waals surface area contributed by atoms with Gasteiger partial charge in [-0.05, 0) is 37.6 Å². The summed E-state index contributed by atoms with van der Waals surface area (Å²) in [5.41, 5.74) is 2.08. The predicted molar refractivity (Wildman–Crippen MR) is 81.1 cm³/mol. The summed E-state index contributed by atoms with van der Waals surface area (Å²) in [5, 5.41) is 6.16. The van der Waals surface area contributed by atoms with Gasteiger partial charge < -0.3 is 10.6 Å². The highest BCUT2D eigenvalue weighted by atomic mass is 16.1. The standard InChI is InChI=1S/C16H26N2O/c1-4-7-14(8-5-2)16(19)18-15-10-6-9-13(11-15)12-17-3/h6,9-11,14,17H,4-5,7-8,12H2,1-3H3,(H,18,19). The molecule has 0 radical (unpaired) electrons. The van der Waals surface area contributed by atoms with Crippen LogP contribution in [0.5, 0.6) is 0 Å². The molecule has 19 heavy (non-hydrogen) atoms. The first-order valence-electron chi connectivity index (χ1n) is 7.25. The van der Waals surface area contributed by atoms with Crippen molar-refractivity contribution in [3.05, 3.63) is 29.8 Å². The van der Waals surface area contributed by atoms with Crippen molar-refractivity contribution >= 4 is 11.6 Å². The Labute approximate surface area is 116 Å². The minimum absolute atomic E-state index is 0.142. The van der Waals surface area contributed by atoms with Gasteiger partial charge in [0.25, 0.3) is 0 Å². The summed E-state index contributed by atoms with van der Waals surface area (Å²) in [4.78, 5) is 12.2. The van der Waals surface area contributed by atoms with Crippen molar-refractivity contribution in [2.75, 3.05) is 12.4 Å². The largest absolute Gasteiger partial charge is 0.326 e. The van der Waals surface area contributed by atoms with E-state index in [1.54, 1.807) is 0 Å². The lowest BCUT2D eigenvalue weighted by molar-refractivity contribution is -0.120. The lowest BCUT2D eigenvalue weighted by atomic mass is 9.97. The summed E-state index contributed by atoms with van der Waals surface area (Å²) in [7, 11) is 1.92. The number of amides is 1. The molecule has 1 rings (SSSR count). The van der Waals surface area contributed by atoms with E-state index in [0.717, 1.165) is 37.9 Å². The molecule has 0 aliphatic carbocycles. The molecule has 106 valence electrons. The molecule has 0 unspecified atom stereocenters. The molecular weight excluding hydrogens is 236 g/mol. The van der Waals surface area contributed by atoms with Crippen molar-refractivity contribution in [2.24, 2.45) is 5.92 Å². The van der Waals surface area contributed by atoms with Gasteiger partial charge in [0, 0.05) is 18.2 Å². The number of hydrogen-bond donors (Lipinski definition) is 2. The monoisotopic (exact) mass is 262 g/mol. The molecule has 0 atom stereocenters. The topological polar surface area (TPSA) is 41.1 Å². The van der Waals surface area contributed by atoms with Crippen LogP contribution in [0.15, 0.2) is 24.3 Å². The van der Waals surface area contributed by atoms with Crippen molar-refractivity contribution < 1.29 is 4.79 Å². The third-order valence-corrected chi connectivity index (χ3v) is 3.22. The molecular formula is C16H26N2O. The minimum atomic E-state index is 0.142. The van der Waals surface area contributed by atoms with Crippen molar-refractivity contribution in [3.63, 3.8) is 0 Å². The Hall–Kier alpha value is -1.35. The molecule has 2 N–H and O–H groups in total. The maximum Gasteiger partial charge on any atom is 0.227 e. The van der Waals surface area contributed by atoms with Crippen LogP contribution in [-0.2, 0) is 11.3 Å². The molecule has 0 spiro atoms. The lowest BCUT2D eigenvalue weighted by Gasteiger charge is -2.15. The summed E-state index contributed by atoms with van der Waals surface area (Å²) in [5.74, 6) is 0.299. The van der Waals surface area contributed by atoms with E-state index < -0.39 is 0 Å². The summed E-state index contributed by atoms with van der Waals surface area (Å²) in [6, 6.07) is 8.02. The van der Waals surface area contributed by atoms with E-state index in [0.29, 0.717) is 0 Å². The van der Waals surface area contributed by atoms with Gasteiger partial charge in [-0.15, -0.1) is 0 Å². The smallest absolute Gasteiger partial charge is 0.227 e. The van der Waals surface area contributed by atoms with E-state index >= 15 is 0 Å². The molecule has 0 bridgehead atoms. The average Bonchev–Trinajstić information content (AvgIpc) is 2.39. The van der Waals surface area contributed by atoms with Crippen LogP contribution in [-0.4, -0.2) is 13.0 Å².